The van der Waals surface area contributed by atoms with E-state index in [0.717, 1.165) is 5.52 Å². The van der Waals surface area contributed by atoms with Gasteiger partial charge in [-0.05, 0) is 13.0 Å². The molecule has 2 aromatic rings. The normalized spacial score (nSPS) is 10.5. The van der Waals surface area contributed by atoms with Crippen molar-refractivity contribution < 1.29 is 9.90 Å². The Morgan fingerprint density at radius 2 is 2.38 bits per heavy atom. The monoisotopic (exact) mass is 176 g/mol. The summed E-state index contributed by atoms with van der Waals surface area (Å²) in [5, 5.41) is 9.62. The number of pyridine rings is 1. The number of hydrogen-bond donors (Lipinski definition) is 2. The number of carboxylic acids is 1. The van der Waals surface area contributed by atoms with Gasteiger partial charge in [-0.2, -0.15) is 0 Å². The van der Waals surface area contributed by atoms with E-state index in [1.807, 2.05) is 0 Å². The summed E-state index contributed by atoms with van der Waals surface area (Å²) in [6, 6.07) is 1.70. The summed E-state index contributed by atoms with van der Waals surface area (Å²) in [5.41, 5.74) is 1.75. The predicted molar refractivity (Wildman–Crippen MR) is 47.8 cm³/mol. The van der Waals surface area contributed by atoms with Gasteiger partial charge in [0.05, 0.1) is 17.3 Å². The van der Waals surface area contributed by atoms with Crippen LogP contribution in [0, 0.1) is 6.92 Å². The molecule has 0 saturated heterocycles. The highest BCUT2D eigenvalue weighted by Gasteiger charge is 2.13. The number of fused-ring (bicyclic) bond motifs is 1. The number of carboxylic acid groups (broad SMARTS) is 1. The van der Waals surface area contributed by atoms with Gasteiger partial charge in [-0.3, -0.25) is 4.98 Å². The van der Waals surface area contributed by atoms with E-state index in [0.29, 0.717) is 16.6 Å². The summed E-state index contributed by atoms with van der Waals surface area (Å²) in [4.78, 5) is 17.7. The Bertz CT molecular complexity index is 473. The first-order chi connectivity index (χ1) is 6.20. The zero-order chi connectivity index (χ0) is 9.42. The Kier molecular flexibility index (Phi) is 1.55. The van der Waals surface area contributed by atoms with Gasteiger partial charge in [0.1, 0.15) is 0 Å². The number of aromatic amines is 1. The molecule has 66 valence electrons. The lowest BCUT2D eigenvalue weighted by molar-refractivity contribution is 0.0698. The molecule has 4 nitrogen and oxygen atoms in total. The molecule has 2 rings (SSSR count). The van der Waals surface area contributed by atoms with E-state index in [-0.39, 0.29) is 0 Å². The zero-order valence-electron chi connectivity index (χ0n) is 7.03. The third-order valence-electron chi connectivity index (χ3n) is 2.00. The number of nitrogens with one attached hydrogen (secondary N) is 1. The van der Waals surface area contributed by atoms with Crippen LogP contribution in [0.5, 0.6) is 0 Å². The number of nitrogens with zero attached hydrogens (tertiary/aromatic N) is 1. The first-order valence-corrected chi connectivity index (χ1v) is 3.85. The molecule has 0 aliphatic rings. The molecule has 0 spiro atoms. The molecule has 2 N–H and O–H groups in total. The fourth-order valence-corrected chi connectivity index (χ4v) is 1.45. The summed E-state index contributed by atoms with van der Waals surface area (Å²) < 4.78 is 0. The Morgan fingerprint density at radius 1 is 1.62 bits per heavy atom. The molecule has 0 atom stereocenters. The van der Waals surface area contributed by atoms with E-state index < -0.39 is 5.97 Å². The van der Waals surface area contributed by atoms with Crippen LogP contribution in [0.2, 0.25) is 0 Å². The van der Waals surface area contributed by atoms with Crippen molar-refractivity contribution >= 4 is 16.9 Å². The zero-order valence-corrected chi connectivity index (χ0v) is 7.03. The molecule has 0 aliphatic heterocycles. The van der Waals surface area contributed by atoms with Gasteiger partial charge in [-0.25, -0.2) is 4.79 Å². The van der Waals surface area contributed by atoms with Crippen molar-refractivity contribution in [2.75, 3.05) is 0 Å². The van der Waals surface area contributed by atoms with Crippen LogP contribution in [0.25, 0.3) is 10.9 Å². The molecular weight excluding hydrogens is 168 g/mol. The Labute approximate surface area is 74.2 Å². The highest BCUT2D eigenvalue weighted by atomic mass is 16.4. The van der Waals surface area contributed by atoms with Gasteiger partial charge < -0.3 is 10.1 Å². The van der Waals surface area contributed by atoms with E-state index in [4.69, 9.17) is 5.11 Å². The second-order valence-corrected chi connectivity index (χ2v) is 2.85. The number of aromatic carboxylic acids is 1. The molecule has 0 aromatic carbocycles. The maximum Gasteiger partial charge on any atom is 0.338 e. The van der Waals surface area contributed by atoms with Crippen molar-refractivity contribution in [1.29, 1.82) is 0 Å². The van der Waals surface area contributed by atoms with Gasteiger partial charge in [-0.15, -0.1) is 0 Å². The summed E-state index contributed by atoms with van der Waals surface area (Å²) in [7, 11) is 0. The second kappa shape index (κ2) is 2.58. The van der Waals surface area contributed by atoms with Crippen LogP contribution >= 0.6 is 0 Å². The minimum Gasteiger partial charge on any atom is -0.478 e. The van der Waals surface area contributed by atoms with Gasteiger partial charge in [0, 0.05) is 17.3 Å². The van der Waals surface area contributed by atoms with Crippen LogP contribution in [0.15, 0.2) is 18.5 Å². The molecule has 0 radical (unpaired) electrons. The molecule has 0 amide bonds. The van der Waals surface area contributed by atoms with Crippen molar-refractivity contribution in [3.8, 4) is 0 Å². The first kappa shape index (κ1) is 7.79. The summed E-state index contributed by atoms with van der Waals surface area (Å²) in [6.07, 6.45) is 3.21. The molecule has 2 heterocycles. The van der Waals surface area contributed by atoms with E-state index in [9.17, 15) is 4.79 Å². The fraction of sp³-hybridized carbons (Fsp3) is 0.111. The lowest BCUT2D eigenvalue weighted by atomic mass is 10.2. The molecule has 0 saturated carbocycles. The highest BCUT2D eigenvalue weighted by Crippen LogP contribution is 2.20. The molecule has 13 heavy (non-hydrogen) atoms. The van der Waals surface area contributed by atoms with Crippen molar-refractivity contribution in [2.24, 2.45) is 0 Å². The van der Waals surface area contributed by atoms with Crippen LogP contribution in [-0.4, -0.2) is 21.0 Å². The van der Waals surface area contributed by atoms with Crippen LogP contribution in [0.1, 0.15) is 16.1 Å². The van der Waals surface area contributed by atoms with Gasteiger partial charge >= 0.3 is 5.97 Å². The van der Waals surface area contributed by atoms with Crippen molar-refractivity contribution in [1.82, 2.24) is 9.97 Å². The van der Waals surface area contributed by atoms with Crippen molar-refractivity contribution in [3.63, 3.8) is 0 Å². The number of aryl methyl sites for hydroxylation is 1. The lowest BCUT2D eigenvalue weighted by Gasteiger charge is -1.91. The largest absolute Gasteiger partial charge is 0.478 e. The van der Waals surface area contributed by atoms with E-state index in [1.165, 1.54) is 0 Å². The third kappa shape index (κ3) is 1.07. The smallest absolute Gasteiger partial charge is 0.338 e. The molecule has 2 aromatic heterocycles. The molecule has 0 bridgehead atoms. The number of carbonyl (C=O) groups is 1. The van der Waals surface area contributed by atoms with Crippen LogP contribution < -0.4 is 0 Å². The van der Waals surface area contributed by atoms with E-state index in [2.05, 4.69) is 9.97 Å². The van der Waals surface area contributed by atoms with Crippen LogP contribution in [-0.2, 0) is 0 Å². The number of H-pyrrole nitrogens is 1. The van der Waals surface area contributed by atoms with Crippen molar-refractivity contribution in [2.45, 2.75) is 6.92 Å². The minimum atomic E-state index is -0.907. The van der Waals surface area contributed by atoms with E-state index in [1.54, 1.807) is 25.4 Å². The van der Waals surface area contributed by atoms with Gasteiger partial charge in [0.2, 0.25) is 0 Å². The number of aromatic nitrogens is 2. The summed E-state index contributed by atoms with van der Waals surface area (Å²) in [6.45, 7) is 1.74. The first-order valence-electron chi connectivity index (χ1n) is 3.85. The average Bonchev–Trinajstić information content (AvgIpc) is 2.39. The van der Waals surface area contributed by atoms with E-state index >= 15 is 0 Å². The maximum absolute atomic E-state index is 10.9. The average molecular weight is 176 g/mol. The lowest BCUT2D eigenvalue weighted by Crippen LogP contribution is -1.96. The third-order valence-corrected chi connectivity index (χ3v) is 2.00. The molecule has 0 aliphatic carbocycles. The van der Waals surface area contributed by atoms with Crippen LogP contribution in [0.3, 0.4) is 0 Å². The SMILES string of the molecule is Cc1[nH]c2cnccc2c1C(=O)O. The van der Waals surface area contributed by atoms with Gasteiger partial charge in [-0.1, -0.05) is 0 Å². The van der Waals surface area contributed by atoms with Gasteiger partial charge in [0.15, 0.2) is 0 Å². The predicted octanol–water partition coefficient (Wildman–Crippen LogP) is 1.57. The standard InChI is InChI=1S/C9H8N2O2/c1-5-8(9(12)13)6-2-3-10-4-7(6)11-5/h2-4,11H,1H3,(H,12,13). The van der Waals surface area contributed by atoms with Crippen molar-refractivity contribution in [3.05, 3.63) is 29.7 Å². The Balaban J connectivity index is 2.86. The van der Waals surface area contributed by atoms with Crippen LogP contribution in [0.4, 0.5) is 0 Å². The summed E-state index contributed by atoms with van der Waals surface area (Å²) in [5.74, 6) is -0.907. The Morgan fingerprint density at radius 3 is 3.08 bits per heavy atom. The Hall–Kier alpha value is -1.84. The molecule has 0 fully saturated rings. The molecule has 4 heteroatoms. The van der Waals surface area contributed by atoms with Gasteiger partial charge in [0.25, 0.3) is 0 Å². The topological polar surface area (TPSA) is 66.0 Å². The second-order valence-electron chi connectivity index (χ2n) is 2.85. The maximum atomic E-state index is 10.9. The fourth-order valence-electron chi connectivity index (χ4n) is 1.45. The quantitative estimate of drug-likeness (QED) is 0.693. The number of rotatable bonds is 1. The minimum absolute atomic E-state index is 0.331. The summed E-state index contributed by atoms with van der Waals surface area (Å²) >= 11 is 0. The highest BCUT2D eigenvalue weighted by molar-refractivity contribution is 6.04. The molecule has 0 unspecified atom stereocenters. The molecular formula is C9H8N2O2. The number of hydrogen-bond acceptors (Lipinski definition) is 2.